The van der Waals surface area contributed by atoms with Crippen LogP contribution in [0.3, 0.4) is 0 Å². The molecule has 0 aliphatic rings. The van der Waals surface area contributed by atoms with Gasteiger partial charge in [-0.25, -0.2) is 13.2 Å². The molecule has 1 aromatic carbocycles. The van der Waals surface area contributed by atoms with Gasteiger partial charge < -0.3 is 10.4 Å². The van der Waals surface area contributed by atoms with Crippen LogP contribution in [0.25, 0.3) is 0 Å². The number of benzene rings is 1. The number of nitrogens with one attached hydrogen (secondary N) is 1. The van der Waals surface area contributed by atoms with Crippen molar-refractivity contribution in [2.75, 3.05) is 6.26 Å². The molecule has 0 aliphatic carbocycles. The van der Waals surface area contributed by atoms with Crippen LogP contribution in [0.5, 0.6) is 0 Å². The molecule has 7 heteroatoms. The fourth-order valence-corrected chi connectivity index (χ4v) is 2.42. The molecule has 0 bridgehead atoms. The Labute approximate surface area is 124 Å². The van der Waals surface area contributed by atoms with Gasteiger partial charge in [0, 0.05) is 11.8 Å². The summed E-state index contributed by atoms with van der Waals surface area (Å²) in [5, 5.41) is 11.5. The molecule has 0 heterocycles. The van der Waals surface area contributed by atoms with Crippen molar-refractivity contribution in [3.8, 4) is 0 Å². The maximum Gasteiger partial charge on any atom is 0.326 e. The highest BCUT2D eigenvalue weighted by molar-refractivity contribution is 7.90. The first-order valence-electron chi connectivity index (χ1n) is 6.45. The third-order valence-electron chi connectivity index (χ3n) is 2.86. The maximum atomic E-state index is 12.0. The second kappa shape index (κ2) is 6.71. The molecule has 0 aromatic heterocycles. The minimum Gasteiger partial charge on any atom is -0.480 e. The maximum absolute atomic E-state index is 12.0. The molecule has 0 saturated carbocycles. The van der Waals surface area contributed by atoms with E-state index in [1.54, 1.807) is 0 Å². The Hall–Kier alpha value is -1.89. The first kappa shape index (κ1) is 17.2. The predicted molar refractivity (Wildman–Crippen MR) is 77.9 cm³/mol. The van der Waals surface area contributed by atoms with Crippen LogP contribution in [0.4, 0.5) is 0 Å². The van der Waals surface area contributed by atoms with Gasteiger partial charge in [0.2, 0.25) is 0 Å². The molecule has 0 saturated heterocycles. The van der Waals surface area contributed by atoms with Crippen molar-refractivity contribution in [2.45, 2.75) is 31.2 Å². The zero-order chi connectivity index (χ0) is 16.2. The van der Waals surface area contributed by atoms with Crippen LogP contribution in [0.15, 0.2) is 29.2 Å². The standard InChI is InChI=1S/C14H19NO5S/c1-9(2)8-12(14(17)18)15-13(16)10-4-6-11(7-5-10)21(3,19)20/h4-7,9,12H,8H2,1-3H3,(H,15,16)(H,17,18)/t12-/m0/s1. The fraction of sp³-hybridized carbons (Fsp3) is 0.429. The van der Waals surface area contributed by atoms with E-state index in [0.29, 0.717) is 6.42 Å². The van der Waals surface area contributed by atoms with Crippen LogP contribution in [0, 0.1) is 5.92 Å². The first-order chi connectivity index (χ1) is 9.61. The van der Waals surface area contributed by atoms with Gasteiger partial charge in [-0.05, 0) is 36.6 Å². The molecule has 0 unspecified atom stereocenters. The Morgan fingerprint density at radius 1 is 1.19 bits per heavy atom. The second-order valence-corrected chi connectivity index (χ2v) is 7.31. The van der Waals surface area contributed by atoms with E-state index in [2.05, 4.69) is 5.32 Å². The highest BCUT2D eigenvalue weighted by Gasteiger charge is 2.21. The largest absolute Gasteiger partial charge is 0.480 e. The lowest BCUT2D eigenvalue weighted by molar-refractivity contribution is -0.139. The average Bonchev–Trinajstić information content (AvgIpc) is 2.36. The van der Waals surface area contributed by atoms with E-state index in [4.69, 9.17) is 5.11 Å². The molecule has 0 spiro atoms. The third kappa shape index (κ3) is 5.18. The van der Waals surface area contributed by atoms with E-state index in [9.17, 15) is 18.0 Å². The third-order valence-corrected chi connectivity index (χ3v) is 3.98. The zero-order valence-electron chi connectivity index (χ0n) is 12.2. The summed E-state index contributed by atoms with van der Waals surface area (Å²) in [4.78, 5) is 23.2. The summed E-state index contributed by atoms with van der Waals surface area (Å²) in [6, 6.07) is 4.40. The highest BCUT2D eigenvalue weighted by Crippen LogP contribution is 2.11. The summed E-state index contributed by atoms with van der Waals surface area (Å²) in [5.41, 5.74) is 0.220. The van der Waals surface area contributed by atoms with Gasteiger partial charge in [0.1, 0.15) is 6.04 Å². The number of carbonyl (C=O) groups excluding carboxylic acids is 1. The Balaban J connectivity index is 2.86. The molecule has 1 rings (SSSR count). The van der Waals surface area contributed by atoms with Crippen molar-refractivity contribution in [1.29, 1.82) is 0 Å². The molecule has 1 aromatic rings. The minimum atomic E-state index is -3.32. The lowest BCUT2D eigenvalue weighted by atomic mass is 10.0. The molecule has 1 amide bonds. The summed E-state index contributed by atoms with van der Waals surface area (Å²) in [6.45, 7) is 3.73. The molecule has 21 heavy (non-hydrogen) atoms. The van der Waals surface area contributed by atoms with Gasteiger partial charge in [0.05, 0.1) is 4.90 Å². The lowest BCUT2D eigenvalue weighted by Crippen LogP contribution is -2.41. The van der Waals surface area contributed by atoms with Crippen molar-refractivity contribution in [3.63, 3.8) is 0 Å². The Bertz CT molecular complexity index is 619. The van der Waals surface area contributed by atoms with Crippen LogP contribution in [-0.2, 0) is 14.6 Å². The van der Waals surface area contributed by atoms with E-state index < -0.39 is 27.8 Å². The number of carbonyl (C=O) groups is 2. The fourth-order valence-electron chi connectivity index (χ4n) is 1.79. The number of amides is 1. The molecule has 0 radical (unpaired) electrons. The van der Waals surface area contributed by atoms with Crippen LogP contribution in [0.1, 0.15) is 30.6 Å². The SMILES string of the molecule is CC(C)C[C@H](NC(=O)c1ccc(S(C)(=O)=O)cc1)C(=O)O. The van der Waals surface area contributed by atoms with E-state index >= 15 is 0 Å². The summed E-state index contributed by atoms with van der Waals surface area (Å²) in [5.74, 6) is -1.51. The second-order valence-electron chi connectivity index (χ2n) is 5.29. The van der Waals surface area contributed by atoms with Crippen molar-refractivity contribution >= 4 is 21.7 Å². The summed E-state index contributed by atoms with van der Waals surface area (Å²) in [7, 11) is -3.32. The number of hydrogen-bond acceptors (Lipinski definition) is 4. The number of sulfone groups is 1. The Kier molecular flexibility index (Phi) is 5.48. The van der Waals surface area contributed by atoms with Gasteiger partial charge in [-0.3, -0.25) is 4.79 Å². The van der Waals surface area contributed by atoms with Gasteiger partial charge in [-0.2, -0.15) is 0 Å². The van der Waals surface area contributed by atoms with Crippen molar-refractivity contribution in [2.24, 2.45) is 5.92 Å². The molecular weight excluding hydrogens is 294 g/mol. The monoisotopic (exact) mass is 313 g/mol. The minimum absolute atomic E-state index is 0.107. The normalized spacial score (nSPS) is 13.0. The van der Waals surface area contributed by atoms with Crippen molar-refractivity contribution < 1.29 is 23.1 Å². The number of hydrogen-bond donors (Lipinski definition) is 2. The topological polar surface area (TPSA) is 101 Å². The quantitative estimate of drug-likeness (QED) is 0.825. The van der Waals surface area contributed by atoms with Gasteiger partial charge in [0.15, 0.2) is 9.84 Å². The molecule has 0 fully saturated rings. The molecular formula is C14H19NO5S. The van der Waals surface area contributed by atoms with Gasteiger partial charge >= 0.3 is 5.97 Å². The van der Waals surface area contributed by atoms with Gasteiger partial charge in [0.25, 0.3) is 5.91 Å². The lowest BCUT2D eigenvalue weighted by Gasteiger charge is -2.16. The number of carboxylic acid groups (broad SMARTS) is 1. The van der Waals surface area contributed by atoms with Crippen LogP contribution in [-0.4, -0.2) is 37.7 Å². The van der Waals surface area contributed by atoms with Crippen molar-refractivity contribution in [3.05, 3.63) is 29.8 Å². The van der Waals surface area contributed by atoms with E-state index in [-0.39, 0.29) is 16.4 Å². The van der Waals surface area contributed by atoms with Crippen LogP contribution >= 0.6 is 0 Å². The Morgan fingerprint density at radius 2 is 1.71 bits per heavy atom. The molecule has 2 N–H and O–H groups in total. The summed E-state index contributed by atoms with van der Waals surface area (Å²) >= 11 is 0. The smallest absolute Gasteiger partial charge is 0.326 e. The summed E-state index contributed by atoms with van der Waals surface area (Å²) < 4.78 is 22.6. The van der Waals surface area contributed by atoms with E-state index in [0.717, 1.165) is 6.26 Å². The van der Waals surface area contributed by atoms with Crippen LogP contribution in [0.2, 0.25) is 0 Å². The average molecular weight is 313 g/mol. The van der Waals surface area contributed by atoms with Crippen LogP contribution < -0.4 is 5.32 Å². The molecule has 1 atom stereocenters. The number of rotatable bonds is 6. The van der Waals surface area contributed by atoms with Crippen molar-refractivity contribution in [1.82, 2.24) is 5.32 Å². The number of aliphatic carboxylic acids is 1. The zero-order valence-corrected chi connectivity index (χ0v) is 13.0. The Morgan fingerprint density at radius 3 is 2.10 bits per heavy atom. The summed E-state index contributed by atoms with van der Waals surface area (Å²) in [6.07, 6.45) is 1.40. The van der Waals surface area contributed by atoms with Gasteiger partial charge in [-0.15, -0.1) is 0 Å². The van der Waals surface area contributed by atoms with E-state index in [1.165, 1.54) is 24.3 Å². The highest BCUT2D eigenvalue weighted by atomic mass is 32.2. The predicted octanol–water partition coefficient (Wildman–Crippen LogP) is 1.32. The number of carboxylic acids is 1. The molecule has 6 nitrogen and oxygen atoms in total. The first-order valence-corrected chi connectivity index (χ1v) is 8.34. The molecule has 116 valence electrons. The molecule has 0 aliphatic heterocycles. The van der Waals surface area contributed by atoms with Gasteiger partial charge in [-0.1, -0.05) is 13.8 Å². The van der Waals surface area contributed by atoms with E-state index in [1.807, 2.05) is 13.8 Å².